The molecule has 2 atom stereocenters. The third kappa shape index (κ3) is 3.20. The van der Waals surface area contributed by atoms with Crippen LogP contribution in [0.1, 0.15) is 12.0 Å². The zero-order valence-corrected chi connectivity index (χ0v) is 9.32. The molecule has 0 amide bonds. The number of aryl methyl sites for hydroxylation is 1. The van der Waals surface area contributed by atoms with Crippen molar-refractivity contribution in [1.82, 2.24) is 0 Å². The third-order valence-electron chi connectivity index (χ3n) is 2.50. The molecule has 15 heavy (non-hydrogen) atoms. The van der Waals surface area contributed by atoms with E-state index in [1.165, 1.54) is 5.56 Å². The van der Waals surface area contributed by atoms with Crippen LogP contribution < -0.4 is 0 Å². The average Bonchev–Trinajstić information content (AvgIpc) is 2.76. The summed E-state index contributed by atoms with van der Waals surface area (Å²) < 4.78 is 11.0. The first kappa shape index (κ1) is 10.9. The molecule has 0 aliphatic carbocycles. The van der Waals surface area contributed by atoms with Gasteiger partial charge in [0.25, 0.3) is 0 Å². The van der Waals surface area contributed by atoms with Crippen molar-refractivity contribution in [3.63, 3.8) is 0 Å². The summed E-state index contributed by atoms with van der Waals surface area (Å²) in [5, 5.41) is 0. The Bertz CT molecular complexity index is 289. The summed E-state index contributed by atoms with van der Waals surface area (Å²) in [5.74, 6) is 0.516. The van der Waals surface area contributed by atoms with Gasteiger partial charge in [-0.1, -0.05) is 30.3 Å². The molecule has 1 heterocycles. The lowest BCUT2D eigenvalue weighted by molar-refractivity contribution is -0.0582. The van der Waals surface area contributed by atoms with E-state index in [4.69, 9.17) is 21.1 Å². The summed E-state index contributed by atoms with van der Waals surface area (Å²) in [7, 11) is 0. The Labute approximate surface area is 95.1 Å². The molecular weight excluding hydrogens is 212 g/mol. The number of ether oxygens (including phenoxy) is 2. The SMILES string of the molecule is ClCC1COC(CCc2ccccc2)O1. The van der Waals surface area contributed by atoms with Gasteiger partial charge in [0.2, 0.25) is 0 Å². The molecule has 0 saturated carbocycles. The largest absolute Gasteiger partial charge is 0.350 e. The van der Waals surface area contributed by atoms with E-state index in [-0.39, 0.29) is 12.4 Å². The standard InChI is InChI=1S/C12H15ClO2/c13-8-11-9-14-12(15-11)7-6-10-4-2-1-3-5-10/h1-5,11-12H,6-9H2. The fourth-order valence-electron chi connectivity index (χ4n) is 1.67. The Kier molecular flexibility index (Phi) is 4.01. The molecule has 3 heteroatoms. The van der Waals surface area contributed by atoms with Crippen molar-refractivity contribution in [2.75, 3.05) is 12.5 Å². The molecule has 0 N–H and O–H groups in total. The molecule has 0 spiro atoms. The quantitative estimate of drug-likeness (QED) is 0.735. The maximum Gasteiger partial charge on any atom is 0.158 e. The van der Waals surface area contributed by atoms with Crippen molar-refractivity contribution < 1.29 is 9.47 Å². The van der Waals surface area contributed by atoms with Crippen molar-refractivity contribution in [2.45, 2.75) is 25.2 Å². The van der Waals surface area contributed by atoms with Gasteiger partial charge >= 0.3 is 0 Å². The van der Waals surface area contributed by atoms with E-state index in [1.54, 1.807) is 0 Å². The smallest absolute Gasteiger partial charge is 0.158 e. The fourth-order valence-corrected chi connectivity index (χ4v) is 1.83. The fraction of sp³-hybridized carbons (Fsp3) is 0.500. The number of rotatable bonds is 4. The Morgan fingerprint density at radius 1 is 1.27 bits per heavy atom. The van der Waals surface area contributed by atoms with Crippen molar-refractivity contribution in [1.29, 1.82) is 0 Å². The van der Waals surface area contributed by atoms with Gasteiger partial charge in [-0.05, 0) is 12.0 Å². The molecule has 0 aromatic heterocycles. The first-order valence-corrected chi connectivity index (χ1v) is 5.79. The van der Waals surface area contributed by atoms with Crippen LogP contribution in [-0.2, 0) is 15.9 Å². The van der Waals surface area contributed by atoms with Crippen LogP contribution in [0.4, 0.5) is 0 Å². The number of alkyl halides is 1. The van der Waals surface area contributed by atoms with Crippen molar-refractivity contribution in [2.24, 2.45) is 0 Å². The van der Waals surface area contributed by atoms with Crippen molar-refractivity contribution >= 4 is 11.6 Å². The molecule has 0 bridgehead atoms. The van der Waals surface area contributed by atoms with Crippen LogP contribution in [0.2, 0.25) is 0 Å². The summed E-state index contributed by atoms with van der Waals surface area (Å²) in [6.07, 6.45) is 1.89. The van der Waals surface area contributed by atoms with Crippen molar-refractivity contribution in [3.8, 4) is 0 Å². The highest BCUT2D eigenvalue weighted by Gasteiger charge is 2.24. The molecule has 2 nitrogen and oxygen atoms in total. The topological polar surface area (TPSA) is 18.5 Å². The predicted molar refractivity (Wildman–Crippen MR) is 60.1 cm³/mol. The molecule has 1 saturated heterocycles. The Balaban J connectivity index is 1.75. The first-order valence-electron chi connectivity index (χ1n) is 5.25. The third-order valence-corrected chi connectivity index (χ3v) is 2.84. The molecule has 1 aliphatic heterocycles. The molecule has 2 unspecified atom stereocenters. The van der Waals surface area contributed by atoms with Gasteiger partial charge in [-0.25, -0.2) is 0 Å². The van der Waals surface area contributed by atoms with Crippen LogP contribution in [0.15, 0.2) is 30.3 Å². The number of benzene rings is 1. The van der Waals surface area contributed by atoms with Gasteiger partial charge < -0.3 is 9.47 Å². The highest BCUT2D eigenvalue weighted by molar-refractivity contribution is 6.18. The van der Waals surface area contributed by atoms with Gasteiger partial charge in [-0.3, -0.25) is 0 Å². The van der Waals surface area contributed by atoms with E-state index >= 15 is 0 Å². The minimum absolute atomic E-state index is 0.0750. The second-order valence-electron chi connectivity index (χ2n) is 3.70. The molecule has 2 rings (SSSR count). The maximum absolute atomic E-state index is 5.69. The lowest BCUT2D eigenvalue weighted by atomic mass is 10.1. The van der Waals surface area contributed by atoms with Gasteiger partial charge in [0.15, 0.2) is 6.29 Å². The molecule has 1 aromatic rings. The number of hydrogen-bond donors (Lipinski definition) is 0. The molecule has 1 fully saturated rings. The van der Waals surface area contributed by atoms with E-state index in [0.717, 1.165) is 12.8 Å². The Hall–Kier alpha value is -0.570. The second-order valence-corrected chi connectivity index (χ2v) is 4.01. The summed E-state index contributed by atoms with van der Waals surface area (Å²) in [6.45, 7) is 0.628. The van der Waals surface area contributed by atoms with Crippen molar-refractivity contribution in [3.05, 3.63) is 35.9 Å². The van der Waals surface area contributed by atoms with E-state index in [1.807, 2.05) is 18.2 Å². The highest BCUT2D eigenvalue weighted by Crippen LogP contribution is 2.17. The van der Waals surface area contributed by atoms with Gasteiger partial charge in [0.1, 0.15) is 0 Å². The van der Waals surface area contributed by atoms with Gasteiger partial charge in [0, 0.05) is 6.42 Å². The predicted octanol–water partition coefficient (Wildman–Crippen LogP) is 2.60. The normalized spacial score (nSPS) is 25.7. The van der Waals surface area contributed by atoms with E-state index in [9.17, 15) is 0 Å². The number of halogens is 1. The molecule has 0 radical (unpaired) electrons. The second kappa shape index (κ2) is 5.50. The lowest BCUT2D eigenvalue weighted by Gasteiger charge is -2.09. The van der Waals surface area contributed by atoms with Crippen LogP contribution in [0.25, 0.3) is 0 Å². The van der Waals surface area contributed by atoms with Crippen LogP contribution in [0.3, 0.4) is 0 Å². The van der Waals surface area contributed by atoms with Gasteiger partial charge in [-0.2, -0.15) is 0 Å². The minimum atomic E-state index is -0.0750. The van der Waals surface area contributed by atoms with E-state index in [0.29, 0.717) is 12.5 Å². The zero-order valence-electron chi connectivity index (χ0n) is 8.56. The van der Waals surface area contributed by atoms with Gasteiger partial charge in [-0.15, -0.1) is 11.6 Å². The van der Waals surface area contributed by atoms with Crippen LogP contribution in [-0.4, -0.2) is 24.9 Å². The van der Waals surface area contributed by atoms with Gasteiger partial charge in [0.05, 0.1) is 18.6 Å². The molecule has 1 aliphatic rings. The molecular formula is C12H15ClO2. The molecule has 82 valence electrons. The Morgan fingerprint density at radius 2 is 2.07 bits per heavy atom. The highest BCUT2D eigenvalue weighted by atomic mass is 35.5. The van der Waals surface area contributed by atoms with E-state index in [2.05, 4.69) is 12.1 Å². The van der Waals surface area contributed by atoms with E-state index < -0.39 is 0 Å². The summed E-state index contributed by atoms with van der Waals surface area (Å²) in [4.78, 5) is 0. The zero-order chi connectivity index (χ0) is 10.5. The number of hydrogen-bond acceptors (Lipinski definition) is 2. The first-order chi connectivity index (χ1) is 7.38. The minimum Gasteiger partial charge on any atom is -0.350 e. The van der Waals surface area contributed by atoms with Crippen LogP contribution in [0.5, 0.6) is 0 Å². The Morgan fingerprint density at radius 3 is 2.73 bits per heavy atom. The maximum atomic E-state index is 5.69. The van der Waals surface area contributed by atoms with Crippen LogP contribution >= 0.6 is 11.6 Å². The summed E-state index contributed by atoms with van der Waals surface area (Å²) in [6, 6.07) is 10.4. The molecule has 1 aromatic carbocycles. The van der Waals surface area contributed by atoms with Crippen LogP contribution in [0, 0.1) is 0 Å². The summed E-state index contributed by atoms with van der Waals surface area (Å²) >= 11 is 5.69. The lowest BCUT2D eigenvalue weighted by Crippen LogP contribution is -2.14. The monoisotopic (exact) mass is 226 g/mol. The average molecular weight is 227 g/mol. The summed E-state index contributed by atoms with van der Waals surface area (Å²) in [5.41, 5.74) is 1.32.